The molecule has 0 unspecified atom stereocenters. The first-order valence-electron chi connectivity index (χ1n) is 6.00. The highest BCUT2D eigenvalue weighted by molar-refractivity contribution is 5.90. The van der Waals surface area contributed by atoms with Crippen molar-refractivity contribution >= 4 is 11.5 Å². The van der Waals surface area contributed by atoms with Crippen LogP contribution in [0.15, 0.2) is 24.3 Å². The van der Waals surface area contributed by atoms with E-state index in [1.165, 1.54) is 12.1 Å². The number of hydrogen-bond donors (Lipinski definition) is 0. The maximum atomic E-state index is 13.1. The van der Waals surface area contributed by atoms with Gasteiger partial charge >= 0.3 is 12.1 Å². The van der Waals surface area contributed by atoms with Crippen molar-refractivity contribution in [3.63, 3.8) is 0 Å². The topological polar surface area (TPSA) is 35.5 Å². The Labute approximate surface area is 114 Å². The molecule has 0 saturated heterocycles. The second-order valence-corrected chi connectivity index (χ2v) is 4.30. The average molecular weight is 286 g/mol. The third-order valence-electron chi connectivity index (χ3n) is 3.06. The van der Waals surface area contributed by atoms with E-state index in [-0.39, 0.29) is 11.1 Å². The Balaban J connectivity index is 2.51. The number of alkyl halides is 3. The Bertz CT molecular complexity index is 547. The molecule has 0 spiro atoms. The van der Waals surface area contributed by atoms with Gasteiger partial charge in [-0.2, -0.15) is 13.2 Å². The monoisotopic (exact) mass is 286 g/mol. The molecule has 0 amide bonds. The van der Waals surface area contributed by atoms with Crippen LogP contribution in [0, 0.1) is 0 Å². The van der Waals surface area contributed by atoms with Gasteiger partial charge in [0.05, 0.1) is 31.5 Å². The molecule has 20 heavy (non-hydrogen) atoms. The van der Waals surface area contributed by atoms with Gasteiger partial charge in [-0.1, -0.05) is 12.1 Å². The largest absolute Gasteiger partial charge is 0.465 e. The second kappa shape index (κ2) is 5.66. The van der Waals surface area contributed by atoms with E-state index in [2.05, 4.69) is 4.74 Å². The quantitative estimate of drug-likeness (QED) is 0.783. The van der Waals surface area contributed by atoms with Crippen molar-refractivity contribution in [3.8, 4) is 0 Å². The molecule has 0 atom stereocenters. The van der Waals surface area contributed by atoms with Crippen LogP contribution in [0.25, 0.3) is 5.57 Å². The van der Waals surface area contributed by atoms with E-state index in [0.29, 0.717) is 25.2 Å². The Morgan fingerprint density at radius 1 is 1.35 bits per heavy atom. The summed E-state index contributed by atoms with van der Waals surface area (Å²) in [5.74, 6) is -0.789. The smallest absolute Gasteiger partial charge is 0.417 e. The van der Waals surface area contributed by atoms with Crippen LogP contribution >= 0.6 is 0 Å². The lowest BCUT2D eigenvalue weighted by atomic mass is 9.94. The van der Waals surface area contributed by atoms with Gasteiger partial charge in [0.2, 0.25) is 0 Å². The first kappa shape index (κ1) is 14.6. The lowest BCUT2D eigenvalue weighted by Crippen LogP contribution is -2.13. The van der Waals surface area contributed by atoms with Gasteiger partial charge in [0.15, 0.2) is 0 Å². The number of carbonyl (C=O) groups excluding carboxylic acids is 1. The first-order chi connectivity index (χ1) is 9.43. The Hall–Kier alpha value is -1.82. The van der Waals surface area contributed by atoms with E-state index >= 15 is 0 Å². The normalized spacial score (nSPS) is 15.7. The van der Waals surface area contributed by atoms with Crippen molar-refractivity contribution in [1.29, 1.82) is 0 Å². The average Bonchev–Trinajstić information content (AvgIpc) is 2.46. The standard InChI is InChI=1S/C14H13F3O3/c1-19-13(18)10-2-3-11(9-4-6-20-7-5-9)12(8-10)14(15,16)17/h2-4,8H,5-7H2,1H3. The fraction of sp³-hybridized carbons (Fsp3) is 0.357. The minimum Gasteiger partial charge on any atom is -0.465 e. The van der Waals surface area contributed by atoms with E-state index in [4.69, 9.17) is 4.74 Å². The number of carbonyl (C=O) groups is 1. The molecule has 1 aromatic rings. The van der Waals surface area contributed by atoms with Crippen LogP contribution in [0.3, 0.4) is 0 Å². The van der Waals surface area contributed by atoms with Gasteiger partial charge in [-0.3, -0.25) is 0 Å². The van der Waals surface area contributed by atoms with Crippen LogP contribution in [-0.4, -0.2) is 26.3 Å². The minimum absolute atomic E-state index is 0.0912. The molecule has 2 rings (SSSR count). The summed E-state index contributed by atoms with van der Waals surface area (Å²) in [6.07, 6.45) is -2.48. The molecule has 1 aromatic carbocycles. The Morgan fingerprint density at radius 2 is 2.10 bits per heavy atom. The van der Waals surface area contributed by atoms with Gasteiger partial charge < -0.3 is 9.47 Å². The van der Waals surface area contributed by atoms with Gasteiger partial charge in [-0.05, 0) is 29.7 Å². The summed E-state index contributed by atoms with van der Waals surface area (Å²) in [7, 11) is 1.13. The number of methoxy groups -OCH3 is 1. The van der Waals surface area contributed by atoms with Crippen molar-refractivity contribution in [1.82, 2.24) is 0 Å². The third-order valence-corrected chi connectivity index (χ3v) is 3.06. The maximum absolute atomic E-state index is 13.1. The molecule has 0 radical (unpaired) electrons. The van der Waals surface area contributed by atoms with Crippen LogP contribution in [0.5, 0.6) is 0 Å². The van der Waals surface area contributed by atoms with Gasteiger partial charge in [-0.15, -0.1) is 0 Å². The molecule has 0 aliphatic carbocycles. The highest BCUT2D eigenvalue weighted by atomic mass is 19.4. The summed E-state index contributed by atoms with van der Waals surface area (Å²) < 4.78 is 49.0. The fourth-order valence-electron chi connectivity index (χ4n) is 2.08. The van der Waals surface area contributed by atoms with Crippen LogP contribution < -0.4 is 0 Å². The van der Waals surface area contributed by atoms with E-state index in [9.17, 15) is 18.0 Å². The highest BCUT2D eigenvalue weighted by Gasteiger charge is 2.35. The Morgan fingerprint density at radius 3 is 2.65 bits per heavy atom. The number of esters is 1. The van der Waals surface area contributed by atoms with Crippen LogP contribution in [0.4, 0.5) is 13.2 Å². The van der Waals surface area contributed by atoms with Crippen molar-refractivity contribution in [2.45, 2.75) is 12.6 Å². The summed E-state index contributed by atoms with van der Waals surface area (Å²) in [5, 5.41) is 0. The first-order valence-corrected chi connectivity index (χ1v) is 6.00. The molecule has 6 heteroatoms. The van der Waals surface area contributed by atoms with E-state index in [1.54, 1.807) is 6.08 Å². The van der Waals surface area contributed by atoms with Crippen LogP contribution in [0.2, 0.25) is 0 Å². The van der Waals surface area contributed by atoms with Gasteiger partial charge in [0.25, 0.3) is 0 Å². The summed E-state index contributed by atoms with van der Waals surface area (Å²) in [6.45, 7) is 0.688. The zero-order valence-electron chi connectivity index (χ0n) is 10.8. The fourth-order valence-corrected chi connectivity index (χ4v) is 2.08. The van der Waals surface area contributed by atoms with Crippen molar-refractivity contribution in [3.05, 3.63) is 41.0 Å². The summed E-state index contributed by atoms with van der Waals surface area (Å²) in [5.41, 5.74) is -0.266. The molecule has 3 nitrogen and oxygen atoms in total. The lowest BCUT2D eigenvalue weighted by Gasteiger charge is -2.19. The molecule has 0 N–H and O–H groups in total. The zero-order chi connectivity index (χ0) is 14.8. The SMILES string of the molecule is COC(=O)c1ccc(C2=CCOCC2)c(C(F)(F)F)c1. The molecular weight excluding hydrogens is 273 g/mol. The molecule has 0 aromatic heterocycles. The molecule has 1 heterocycles. The number of ether oxygens (including phenoxy) is 2. The molecular formula is C14H13F3O3. The summed E-state index contributed by atoms with van der Waals surface area (Å²) in [4.78, 5) is 11.4. The Kier molecular flexibility index (Phi) is 4.13. The van der Waals surface area contributed by atoms with E-state index in [1.807, 2.05) is 0 Å². The second-order valence-electron chi connectivity index (χ2n) is 4.30. The number of hydrogen-bond acceptors (Lipinski definition) is 3. The van der Waals surface area contributed by atoms with Gasteiger partial charge in [-0.25, -0.2) is 4.79 Å². The molecule has 0 fully saturated rings. The highest BCUT2D eigenvalue weighted by Crippen LogP contribution is 2.37. The summed E-state index contributed by atoms with van der Waals surface area (Å²) >= 11 is 0. The van der Waals surface area contributed by atoms with Crippen molar-refractivity contribution < 1.29 is 27.4 Å². The zero-order valence-corrected chi connectivity index (χ0v) is 10.8. The van der Waals surface area contributed by atoms with Gasteiger partial charge in [0.1, 0.15) is 0 Å². The van der Waals surface area contributed by atoms with Crippen LogP contribution in [0.1, 0.15) is 27.9 Å². The van der Waals surface area contributed by atoms with E-state index < -0.39 is 17.7 Å². The maximum Gasteiger partial charge on any atom is 0.417 e. The predicted octanol–water partition coefficient (Wildman–Crippen LogP) is 3.30. The minimum atomic E-state index is -4.53. The molecule has 1 aliphatic rings. The number of halogens is 3. The van der Waals surface area contributed by atoms with Crippen molar-refractivity contribution in [2.75, 3.05) is 20.3 Å². The third kappa shape index (κ3) is 3.01. The van der Waals surface area contributed by atoms with Crippen LogP contribution in [-0.2, 0) is 15.7 Å². The molecule has 1 aliphatic heterocycles. The number of rotatable bonds is 2. The van der Waals surface area contributed by atoms with E-state index in [0.717, 1.165) is 13.2 Å². The lowest BCUT2D eigenvalue weighted by molar-refractivity contribution is -0.137. The molecule has 0 saturated carbocycles. The van der Waals surface area contributed by atoms with Gasteiger partial charge in [0, 0.05) is 0 Å². The summed E-state index contributed by atoms with van der Waals surface area (Å²) in [6, 6.07) is 3.48. The predicted molar refractivity (Wildman–Crippen MR) is 66.2 cm³/mol. The number of benzene rings is 1. The molecule has 108 valence electrons. The molecule has 0 bridgehead atoms. The van der Waals surface area contributed by atoms with Crippen molar-refractivity contribution in [2.24, 2.45) is 0 Å².